The van der Waals surface area contributed by atoms with Crippen molar-refractivity contribution in [3.63, 3.8) is 0 Å². The molecule has 5 nitrogen and oxygen atoms in total. The smallest absolute Gasteiger partial charge is 0.373 e. The minimum atomic E-state index is -0.671. The third-order valence-corrected chi connectivity index (χ3v) is 2.92. The van der Waals surface area contributed by atoms with Crippen molar-refractivity contribution in [3.8, 4) is 0 Å². The summed E-state index contributed by atoms with van der Waals surface area (Å²) >= 11 is 11.3. The van der Waals surface area contributed by atoms with Crippen LogP contribution in [-0.2, 0) is 9.78 Å². The first-order valence-corrected chi connectivity index (χ1v) is 6.14. The van der Waals surface area contributed by atoms with Crippen LogP contribution in [0.3, 0.4) is 0 Å². The monoisotopic (exact) mass is 292 g/mol. The molecule has 0 atom stereocenters. The maximum Gasteiger partial charge on any atom is 0.373 e. The molecule has 0 unspecified atom stereocenters. The fourth-order valence-electron chi connectivity index (χ4n) is 1.25. The predicted octanol–water partition coefficient (Wildman–Crippen LogP) is 2.53. The fraction of sp³-hybridized carbons (Fsp3) is 0.364. The average Bonchev–Trinajstić information content (AvgIpc) is 2.36. The summed E-state index contributed by atoms with van der Waals surface area (Å²) in [5, 5.41) is 0.200. The number of anilines is 2. The Morgan fingerprint density at radius 2 is 2.06 bits per heavy atom. The molecule has 0 saturated heterocycles. The first-order chi connectivity index (χ1) is 8.49. The van der Waals surface area contributed by atoms with Gasteiger partial charge in [-0.2, -0.15) is 4.89 Å². The van der Waals surface area contributed by atoms with Crippen LogP contribution in [0.5, 0.6) is 0 Å². The lowest BCUT2D eigenvalue weighted by Crippen LogP contribution is -2.11. The molecule has 0 amide bonds. The number of carbonyl (C=O) groups is 1. The molecule has 1 aromatic rings. The van der Waals surface area contributed by atoms with E-state index >= 15 is 0 Å². The number of nitrogens with two attached hydrogens (primary N) is 2. The van der Waals surface area contributed by atoms with E-state index in [1.54, 1.807) is 6.92 Å². The Hall–Kier alpha value is -1.17. The van der Waals surface area contributed by atoms with E-state index in [9.17, 15) is 4.79 Å². The van der Waals surface area contributed by atoms with Crippen molar-refractivity contribution in [2.75, 3.05) is 24.0 Å². The normalized spacial score (nSPS) is 10.4. The Labute approximate surface area is 115 Å². The number of hydrogen-bond acceptors (Lipinski definition) is 5. The SMILES string of the molecule is Cc1c(C(=O)OOCCCCl)cc(Cl)c(N)c1N. The number of halogens is 2. The lowest BCUT2D eigenvalue weighted by atomic mass is 10.1. The highest BCUT2D eigenvalue weighted by Crippen LogP contribution is 2.31. The van der Waals surface area contributed by atoms with Crippen LogP contribution in [0.4, 0.5) is 11.4 Å². The summed E-state index contributed by atoms with van der Waals surface area (Å²) in [5.41, 5.74) is 12.6. The van der Waals surface area contributed by atoms with Crippen molar-refractivity contribution in [2.45, 2.75) is 13.3 Å². The molecular weight excluding hydrogens is 279 g/mol. The van der Waals surface area contributed by atoms with Crippen LogP contribution in [0.2, 0.25) is 5.02 Å². The Balaban J connectivity index is 2.80. The maximum absolute atomic E-state index is 11.7. The molecule has 18 heavy (non-hydrogen) atoms. The molecule has 0 bridgehead atoms. The predicted molar refractivity (Wildman–Crippen MR) is 71.7 cm³/mol. The van der Waals surface area contributed by atoms with Crippen molar-refractivity contribution in [1.29, 1.82) is 0 Å². The Bertz CT molecular complexity index is 452. The minimum Gasteiger partial charge on any atom is -0.397 e. The number of hydrogen-bond donors (Lipinski definition) is 2. The molecule has 0 fully saturated rings. The van der Waals surface area contributed by atoms with Gasteiger partial charge < -0.3 is 11.5 Å². The van der Waals surface area contributed by atoms with E-state index in [0.717, 1.165) is 0 Å². The second-order valence-electron chi connectivity index (χ2n) is 3.59. The third-order valence-electron chi connectivity index (χ3n) is 2.34. The second kappa shape index (κ2) is 6.68. The lowest BCUT2D eigenvalue weighted by molar-refractivity contribution is -0.240. The molecule has 0 spiro atoms. The summed E-state index contributed by atoms with van der Waals surface area (Å²) in [6.07, 6.45) is 0.582. The zero-order valence-electron chi connectivity index (χ0n) is 9.83. The molecule has 0 radical (unpaired) electrons. The number of alkyl halides is 1. The van der Waals surface area contributed by atoms with Crippen LogP contribution in [0, 0.1) is 6.92 Å². The summed E-state index contributed by atoms with van der Waals surface area (Å²) in [5.74, 6) is -0.243. The quantitative estimate of drug-likeness (QED) is 0.286. The topological polar surface area (TPSA) is 87.6 Å². The van der Waals surface area contributed by atoms with E-state index < -0.39 is 5.97 Å². The number of nitrogen functional groups attached to an aromatic ring is 2. The molecule has 0 heterocycles. The van der Waals surface area contributed by atoms with E-state index in [4.69, 9.17) is 39.6 Å². The van der Waals surface area contributed by atoms with E-state index in [0.29, 0.717) is 17.9 Å². The van der Waals surface area contributed by atoms with E-state index in [1.807, 2.05) is 0 Å². The van der Waals surface area contributed by atoms with Crippen molar-refractivity contribution in [3.05, 3.63) is 22.2 Å². The molecule has 0 aliphatic heterocycles. The molecule has 4 N–H and O–H groups in total. The van der Waals surface area contributed by atoms with E-state index in [-0.39, 0.29) is 28.6 Å². The zero-order chi connectivity index (χ0) is 13.7. The molecule has 0 aliphatic carbocycles. The van der Waals surface area contributed by atoms with Gasteiger partial charge in [0.15, 0.2) is 0 Å². The van der Waals surface area contributed by atoms with Gasteiger partial charge in [0.05, 0.1) is 28.6 Å². The van der Waals surface area contributed by atoms with Crippen molar-refractivity contribution in [2.24, 2.45) is 0 Å². The van der Waals surface area contributed by atoms with Gasteiger partial charge >= 0.3 is 5.97 Å². The van der Waals surface area contributed by atoms with E-state index in [2.05, 4.69) is 4.89 Å². The van der Waals surface area contributed by atoms with Gasteiger partial charge in [0.2, 0.25) is 0 Å². The summed E-state index contributed by atoms with van der Waals surface area (Å²) in [6.45, 7) is 1.88. The summed E-state index contributed by atoms with van der Waals surface area (Å²) in [4.78, 5) is 21.0. The molecule has 0 aromatic heterocycles. The van der Waals surface area contributed by atoms with Gasteiger partial charge in [-0.05, 0) is 25.0 Å². The zero-order valence-corrected chi connectivity index (χ0v) is 11.3. The van der Waals surface area contributed by atoms with Gasteiger partial charge in [0, 0.05) is 5.88 Å². The molecule has 0 saturated carbocycles. The molecular formula is C11H14Cl2N2O3. The van der Waals surface area contributed by atoms with Crippen LogP contribution in [0.15, 0.2) is 6.07 Å². The highest BCUT2D eigenvalue weighted by Gasteiger charge is 2.17. The van der Waals surface area contributed by atoms with Gasteiger partial charge in [-0.3, -0.25) is 4.89 Å². The summed E-state index contributed by atoms with van der Waals surface area (Å²) < 4.78 is 0. The fourth-order valence-corrected chi connectivity index (χ4v) is 1.57. The highest BCUT2D eigenvalue weighted by molar-refractivity contribution is 6.34. The van der Waals surface area contributed by atoms with Crippen LogP contribution in [-0.4, -0.2) is 18.5 Å². The molecule has 100 valence electrons. The maximum atomic E-state index is 11.7. The molecule has 1 rings (SSSR count). The molecule has 0 aliphatic rings. The van der Waals surface area contributed by atoms with Crippen molar-refractivity contribution < 1.29 is 14.6 Å². The number of benzene rings is 1. The van der Waals surface area contributed by atoms with Crippen molar-refractivity contribution in [1.82, 2.24) is 0 Å². The second-order valence-corrected chi connectivity index (χ2v) is 4.38. The Kier molecular flexibility index (Phi) is 5.53. The minimum absolute atomic E-state index is 0.200. The van der Waals surface area contributed by atoms with E-state index in [1.165, 1.54) is 6.07 Å². The Morgan fingerprint density at radius 1 is 1.39 bits per heavy atom. The van der Waals surface area contributed by atoms with Gasteiger partial charge in [-0.1, -0.05) is 11.6 Å². The van der Waals surface area contributed by atoms with Crippen LogP contribution < -0.4 is 11.5 Å². The van der Waals surface area contributed by atoms with Gasteiger partial charge in [-0.15, -0.1) is 11.6 Å². The third kappa shape index (κ3) is 3.41. The lowest BCUT2D eigenvalue weighted by Gasteiger charge is -2.11. The highest BCUT2D eigenvalue weighted by atomic mass is 35.5. The summed E-state index contributed by atoms with van der Waals surface area (Å²) in [6, 6.07) is 1.40. The van der Waals surface area contributed by atoms with Crippen LogP contribution in [0.1, 0.15) is 22.3 Å². The van der Waals surface area contributed by atoms with Crippen LogP contribution >= 0.6 is 23.2 Å². The average molecular weight is 293 g/mol. The number of rotatable bonds is 5. The van der Waals surface area contributed by atoms with Crippen LogP contribution in [0.25, 0.3) is 0 Å². The molecule has 1 aromatic carbocycles. The standard InChI is InChI=1S/C11H14Cl2N2O3/c1-6-7(5-8(13)10(15)9(6)14)11(16)18-17-4-2-3-12/h5H,2-4,14-15H2,1H3. The number of carbonyl (C=O) groups excluding carboxylic acids is 1. The molecule has 7 heteroatoms. The van der Waals surface area contributed by atoms with Gasteiger partial charge in [0.25, 0.3) is 0 Å². The van der Waals surface area contributed by atoms with Gasteiger partial charge in [0.1, 0.15) is 0 Å². The first kappa shape index (κ1) is 14.9. The Morgan fingerprint density at radius 3 is 2.67 bits per heavy atom. The summed E-state index contributed by atoms with van der Waals surface area (Å²) in [7, 11) is 0. The van der Waals surface area contributed by atoms with Crippen molar-refractivity contribution >= 4 is 40.5 Å². The largest absolute Gasteiger partial charge is 0.397 e. The first-order valence-electron chi connectivity index (χ1n) is 5.22. The van der Waals surface area contributed by atoms with Gasteiger partial charge in [-0.25, -0.2) is 4.79 Å².